The Labute approximate surface area is 99.3 Å². The average molecular weight is 243 g/mol. The van der Waals surface area contributed by atoms with E-state index in [-0.39, 0.29) is 5.92 Å². The number of carboxylic acids is 1. The van der Waals surface area contributed by atoms with Gasteiger partial charge in [0.15, 0.2) is 0 Å². The molecule has 0 saturated heterocycles. The fourth-order valence-electron chi connectivity index (χ4n) is 1.20. The molecule has 1 N–H and O–H groups in total. The summed E-state index contributed by atoms with van der Waals surface area (Å²) in [5, 5.41) is 12.8. The molecule has 0 bridgehead atoms. The molecule has 1 rings (SSSR count). The second-order valence-electron chi connectivity index (χ2n) is 3.65. The second kappa shape index (κ2) is 6.52. The topological polar surface area (TPSA) is 68.0 Å². The van der Waals surface area contributed by atoms with Crippen molar-refractivity contribution >= 4 is 17.7 Å². The molecule has 0 aliphatic carbocycles. The van der Waals surface area contributed by atoms with Gasteiger partial charge in [0.1, 0.15) is 12.2 Å². The summed E-state index contributed by atoms with van der Waals surface area (Å²) in [6, 6.07) is 0. The van der Waals surface area contributed by atoms with E-state index in [0.29, 0.717) is 5.75 Å². The predicted octanol–water partition coefficient (Wildman–Crippen LogP) is 1.64. The van der Waals surface area contributed by atoms with E-state index in [4.69, 9.17) is 5.11 Å². The molecule has 0 fully saturated rings. The number of hydrogen-bond acceptors (Lipinski definition) is 4. The van der Waals surface area contributed by atoms with Crippen LogP contribution in [0.3, 0.4) is 0 Å². The van der Waals surface area contributed by atoms with Gasteiger partial charge in [-0.1, -0.05) is 13.8 Å². The van der Waals surface area contributed by atoms with E-state index in [1.165, 1.54) is 0 Å². The van der Waals surface area contributed by atoms with Gasteiger partial charge in [-0.3, -0.25) is 4.79 Å². The van der Waals surface area contributed by atoms with Crippen molar-refractivity contribution in [3.05, 3.63) is 12.2 Å². The number of aryl methyl sites for hydroxylation is 1. The van der Waals surface area contributed by atoms with E-state index in [1.807, 2.05) is 4.68 Å². The van der Waals surface area contributed by atoms with Gasteiger partial charge in [-0.2, -0.15) is 16.9 Å². The molecule has 0 spiro atoms. The molecule has 1 heterocycles. The van der Waals surface area contributed by atoms with Crippen molar-refractivity contribution in [3.63, 3.8) is 0 Å². The first-order chi connectivity index (χ1) is 7.65. The molecule has 16 heavy (non-hydrogen) atoms. The summed E-state index contributed by atoms with van der Waals surface area (Å²) in [4.78, 5) is 14.8. The lowest BCUT2D eigenvalue weighted by Gasteiger charge is -2.06. The van der Waals surface area contributed by atoms with Crippen LogP contribution >= 0.6 is 11.8 Å². The summed E-state index contributed by atoms with van der Waals surface area (Å²) in [7, 11) is 0. The number of carbonyl (C=O) groups is 1. The van der Waals surface area contributed by atoms with Crippen LogP contribution in [0.15, 0.2) is 6.33 Å². The van der Waals surface area contributed by atoms with E-state index in [9.17, 15) is 4.79 Å². The van der Waals surface area contributed by atoms with Crippen molar-refractivity contribution in [2.75, 3.05) is 5.75 Å². The monoisotopic (exact) mass is 243 g/mol. The van der Waals surface area contributed by atoms with Crippen LogP contribution in [0.5, 0.6) is 0 Å². The lowest BCUT2D eigenvalue weighted by Crippen LogP contribution is -2.12. The minimum Gasteiger partial charge on any atom is -0.481 e. The summed E-state index contributed by atoms with van der Waals surface area (Å²) in [6.45, 7) is 4.67. The number of aromatic nitrogens is 3. The zero-order valence-electron chi connectivity index (χ0n) is 9.59. The summed E-state index contributed by atoms with van der Waals surface area (Å²) in [5.41, 5.74) is 0. The van der Waals surface area contributed by atoms with E-state index >= 15 is 0 Å². The number of carboxylic acid groups (broad SMARTS) is 1. The number of thioether (sulfide) groups is 1. The molecule has 0 saturated carbocycles. The van der Waals surface area contributed by atoms with Crippen LogP contribution < -0.4 is 0 Å². The van der Waals surface area contributed by atoms with Crippen molar-refractivity contribution in [1.29, 1.82) is 0 Å². The van der Waals surface area contributed by atoms with Crippen molar-refractivity contribution in [2.24, 2.45) is 5.92 Å². The molecule has 1 aromatic rings. The van der Waals surface area contributed by atoms with Crippen molar-refractivity contribution in [3.8, 4) is 0 Å². The maximum atomic E-state index is 10.6. The number of nitrogens with zero attached hydrogens (tertiary/aromatic N) is 3. The van der Waals surface area contributed by atoms with Crippen LogP contribution in [-0.2, 0) is 17.1 Å². The Hall–Kier alpha value is -1.04. The van der Waals surface area contributed by atoms with Crippen LogP contribution in [0.25, 0.3) is 0 Å². The number of aliphatic carboxylic acids is 1. The van der Waals surface area contributed by atoms with E-state index in [2.05, 4.69) is 17.0 Å². The SMILES string of the molecule is CCCn1ncnc1CSCC(C)C(=O)O. The van der Waals surface area contributed by atoms with Gasteiger partial charge in [-0.05, 0) is 6.42 Å². The highest BCUT2D eigenvalue weighted by atomic mass is 32.2. The third-order valence-corrected chi connectivity index (χ3v) is 3.35. The molecule has 0 aliphatic rings. The summed E-state index contributed by atoms with van der Waals surface area (Å²) < 4.78 is 1.87. The summed E-state index contributed by atoms with van der Waals surface area (Å²) in [5.74, 6) is 1.19. The van der Waals surface area contributed by atoms with Crippen molar-refractivity contribution in [2.45, 2.75) is 32.6 Å². The van der Waals surface area contributed by atoms with Crippen LogP contribution in [0.4, 0.5) is 0 Å². The molecular formula is C10H17N3O2S. The van der Waals surface area contributed by atoms with Gasteiger partial charge in [-0.25, -0.2) is 9.67 Å². The molecule has 0 amide bonds. The van der Waals surface area contributed by atoms with E-state index < -0.39 is 5.97 Å². The van der Waals surface area contributed by atoms with Gasteiger partial charge in [0, 0.05) is 12.3 Å². The molecule has 1 aromatic heterocycles. The summed E-state index contributed by atoms with van der Waals surface area (Å²) >= 11 is 1.58. The van der Waals surface area contributed by atoms with Gasteiger partial charge in [0.2, 0.25) is 0 Å². The molecule has 1 atom stereocenters. The minimum absolute atomic E-state index is 0.312. The van der Waals surface area contributed by atoms with Crippen molar-refractivity contribution in [1.82, 2.24) is 14.8 Å². The van der Waals surface area contributed by atoms with Gasteiger partial charge < -0.3 is 5.11 Å². The molecule has 0 aromatic carbocycles. The Balaban J connectivity index is 2.36. The predicted molar refractivity (Wildman–Crippen MR) is 63.3 cm³/mol. The van der Waals surface area contributed by atoms with Crippen LogP contribution in [0, 0.1) is 5.92 Å². The highest BCUT2D eigenvalue weighted by Crippen LogP contribution is 2.14. The first-order valence-electron chi connectivity index (χ1n) is 5.32. The highest BCUT2D eigenvalue weighted by Gasteiger charge is 2.11. The Morgan fingerprint density at radius 2 is 2.44 bits per heavy atom. The normalized spacial score (nSPS) is 12.6. The lowest BCUT2D eigenvalue weighted by atomic mass is 10.2. The fourth-order valence-corrected chi connectivity index (χ4v) is 2.22. The van der Waals surface area contributed by atoms with Gasteiger partial charge >= 0.3 is 5.97 Å². The maximum Gasteiger partial charge on any atom is 0.307 e. The second-order valence-corrected chi connectivity index (χ2v) is 4.68. The number of hydrogen-bond donors (Lipinski definition) is 1. The molecule has 90 valence electrons. The Bertz CT molecular complexity index is 341. The largest absolute Gasteiger partial charge is 0.481 e. The van der Waals surface area contributed by atoms with Gasteiger partial charge in [0.05, 0.1) is 11.7 Å². The molecule has 1 unspecified atom stereocenters. The van der Waals surface area contributed by atoms with E-state index in [0.717, 1.165) is 24.5 Å². The molecule has 6 heteroatoms. The van der Waals surface area contributed by atoms with E-state index in [1.54, 1.807) is 25.0 Å². The molecule has 5 nitrogen and oxygen atoms in total. The average Bonchev–Trinajstić information content (AvgIpc) is 2.66. The number of rotatable bonds is 7. The summed E-state index contributed by atoms with van der Waals surface area (Å²) in [6.07, 6.45) is 2.57. The van der Waals surface area contributed by atoms with Crippen LogP contribution in [0.1, 0.15) is 26.1 Å². The quantitative estimate of drug-likeness (QED) is 0.788. The lowest BCUT2D eigenvalue weighted by molar-refractivity contribution is -0.140. The van der Waals surface area contributed by atoms with Crippen molar-refractivity contribution < 1.29 is 9.90 Å². The van der Waals surface area contributed by atoms with Crippen LogP contribution in [-0.4, -0.2) is 31.6 Å². The Morgan fingerprint density at radius 1 is 1.69 bits per heavy atom. The standard InChI is InChI=1S/C10H17N3O2S/c1-3-4-13-9(11-7-12-13)6-16-5-8(2)10(14)15/h7-8H,3-6H2,1-2H3,(H,14,15). The fraction of sp³-hybridized carbons (Fsp3) is 0.700. The smallest absolute Gasteiger partial charge is 0.307 e. The molecule has 0 aliphatic heterocycles. The molecule has 0 radical (unpaired) electrons. The zero-order valence-corrected chi connectivity index (χ0v) is 10.4. The Kier molecular flexibility index (Phi) is 5.31. The van der Waals surface area contributed by atoms with Gasteiger partial charge in [0.25, 0.3) is 0 Å². The Morgan fingerprint density at radius 3 is 3.06 bits per heavy atom. The third-order valence-electron chi connectivity index (χ3n) is 2.15. The minimum atomic E-state index is -0.748. The maximum absolute atomic E-state index is 10.6. The molecular weight excluding hydrogens is 226 g/mol. The highest BCUT2D eigenvalue weighted by molar-refractivity contribution is 7.98. The third kappa shape index (κ3) is 3.84. The van der Waals surface area contributed by atoms with Gasteiger partial charge in [-0.15, -0.1) is 0 Å². The zero-order chi connectivity index (χ0) is 12.0. The first kappa shape index (κ1) is 13.0. The first-order valence-corrected chi connectivity index (χ1v) is 6.47. The van der Waals surface area contributed by atoms with Crippen LogP contribution in [0.2, 0.25) is 0 Å².